The molecule has 2 amide bonds. The molecule has 1 aliphatic rings. The Morgan fingerprint density at radius 1 is 0.957 bits per heavy atom. The Labute approximate surface area is 276 Å². The van der Waals surface area contributed by atoms with Crippen molar-refractivity contribution in [2.75, 3.05) is 12.4 Å². The lowest BCUT2D eigenvalue weighted by molar-refractivity contribution is -0.130. The molecule has 1 aliphatic heterocycles. The van der Waals surface area contributed by atoms with E-state index >= 15 is 0 Å². The quantitative estimate of drug-likeness (QED) is 0.166. The summed E-state index contributed by atoms with van der Waals surface area (Å²) in [5.41, 5.74) is 6.10. The molecule has 0 saturated heterocycles. The van der Waals surface area contributed by atoms with E-state index in [2.05, 4.69) is 52.8 Å². The average molecular weight is 651 g/mol. The molecular formula is C35H34N6O3S2. The standard InChI is InChI=1S/C35H34N6O3S2/c1-23-12-15-26(16-13-23)30-19-28(31-10-7-17-45-31)39-41(30)34(43)22-46-35-38-37-32(40(35)29-18-24(2)11-14-25(29)3)20-36-33(42)21-44-27-8-5-4-6-9-27/h4-18,30H,19-22H2,1-3H3,(H,36,42). The SMILES string of the molecule is Cc1ccc(C2CC(c3cccs3)=NN2C(=O)CSc2nnc(CNC(=O)COc3ccccc3)n2-c2cc(C)ccc2C)cc1. The minimum Gasteiger partial charge on any atom is -0.484 e. The number of hydrogen-bond acceptors (Lipinski definition) is 8. The van der Waals surface area contributed by atoms with Gasteiger partial charge >= 0.3 is 0 Å². The summed E-state index contributed by atoms with van der Waals surface area (Å²) in [6, 6.07) is 27.5. The number of benzene rings is 3. The molecule has 0 aliphatic carbocycles. The van der Waals surface area contributed by atoms with Crippen molar-refractivity contribution in [1.82, 2.24) is 25.1 Å². The summed E-state index contributed by atoms with van der Waals surface area (Å²) in [5, 5.41) is 20.8. The second-order valence-electron chi connectivity index (χ2n) is 11.1. The van der Waals surface area contributed by atoms with Crippen LogP contribution in [0.5, 0.6) is 5.75 Å². The van der Waals surface area contributed by atoms with Gasteiger partial charge in [-0.15, -0.1) is 21.5 Å². The first kappa shape index (κ1) is 31.3. The van der Waals surface area contributed by atoms with Crippen molar-refractivity contribution in [3.8, 4) is 11.4 Å². The Bertz CT molecular complexity index is 1850. The van der Waals surface area contributed by atoms with E-state index in [4.69, 9.17) is 9.84 Å². The van der Waals surface area contributed by atoms with Crippen LogP contribution in [-0.2, 0) is 16.1 Å². The second-order valence-corrected chi connectivity index (χ2v) is 13.0. The smallest absolute Gasteiger partial charge is 0.258 e. The molecule has 11 heteroatoms. The Hall–Kier alpha value is -4.74. The number of amides is 2. The first-order chi connectivity index (χ1) is 22.4. The molecule has 3 aromatic carbocycles. The largest absolute Gasteiger partial charge is 0.484 e. The van der Waals surface area contributed by atoms with Crippen molar-refractivity contribution in [2.24, 2.45) is 5.10 Å². The zero-order valence-electron chi connectivity index (χ0n) is 25.8. The molecule has 0 radical (unpaired) electrons. The van der Waals surface area contributed by atoms with E-state index in [1.54, 1.807) is 28.5 Å². The van der Waals surface area contributed by atoms with Gasteiger partial charge in [0.2, 0.25) is 0 Å². The van der Waals surface area contributed by atoms with E-state index in [-0.39, 0.29) is 36.8 Å². The molecule has 6 rings (SSSR count). The minimum absolute atomic E-state index is 0.115. The average Bonchev–Trinajstić information content (AvgIpc) is 3.84. The Morgan fingerprint density at radius 2 is 1.74 bits per heavy atom. The number of carbonyl (C=O) groups is 2. The van der Waals surface area contributed by atoms with Crippen LogP contribution in [0.1, 0.15) is 45.4 Å². The van der Waals surface area contributed by atoms with Crippen LogP contribution in [0.25, 0.3) is 5.69 Å². The Kier molecular flexibility index (Phi) is 9.60. The van der Waals surface area contributed by atoms with Gasteiger partial charge < -0.3 is 10.1 Å². The third kappa shape index (κ3) is 7.21. The number of nitrogens with zero attached hydrogens (tertiary/aromatic N) is 5. The van der Waals surface area contributed by atoms with Crippen LogP contribution in [0.4, 0.5) is 0 Å². The fourth-order valence-electron chi connectivity index (χ4n) is 5.18. The highest BCUT2D eigenvalue weighted by Crippen LogP contribution is 2.35. The number of thioether (sulfide) groups is 1. The van der Waals surface area contributed by atoms with Crippen molar-refractivity contribution >= 4 is 40.6 Å². The normalized spacial score (nSPS) is 14.3. The maximum absolute atomic E-state index is 13.8. The topological polar surface area (TPSA) is 102 Å². The number of para-hydroxylation sites is 1. The summed E-state index contributed by atoms with van der Waals surface area (Å²) in [5.74, 6) is 0.886. The molecule has 0 bridgehead atoms. The summed E-state index contributed by atoms with van der Waals surface area (Å²) in [7, 11) is 0. The molecule has 1 N–H and O–H groups in total. The molecule has 0 saturated carbocycles. The number of aromatic nitrogens is 3. The summed E-state index contributed by atoms with van der Waals surface area (Å²) in [4.78, 5) is 27.5. The van der Waals surface area contributed by atoms with Gasteiger partial charge in [0.15, 0.2) is 17.6 Å². The van der Waals surface area contributed by atoms with E-state index in [1.807, 2.05) is 66.3 Å². The molecule has 46 heavy (non-hydrogen) atoms. The summed E-state index contributed by atoms with van der Waals surface area (Å²) < 4.78 is 7.51. The van der Waals surface area contributed by atoms with Crippen molar-refractivity contribution < 1.29 is 14.3 Å². The maximum Gasteiger partial charge on any atom is 0.258 e. The van der Waals surface area contributed by atoms with Gasteiger partial charge in [-0.25, -0.2) is 5.01 Å². The Morgan fingerprint density at radius 3 is 2.50 bits per heavy atom. The lowest BCUT2D eigenvalue weighted by Gasteiger charge is -2.22. The van der Waals surface area contributed by atoms with E-state index in [1.165, 1.54) is 11.8 Å². The molecule has 1 atom stereocenters. The summed E-state index contributed by atoms with van der Waals surface area (Å²) in [6.07, 6.45) is 0.649. The van der Waals surface area contributed by atoms with E-state index in [0.717, 1.165) is 38.5 Å². The van der Waals surface area contributed by atoms with E-state index < -0.39 is 0 Å². The number of aryl methyl sites for hydroxylation is 3. The zero-order valence-corrected chi connectivity index (χ0v) is 27.5. The second kappa shape index (κ2) is 14.1. The molecule has 5 aromatic rings. The molecule has 1 unspecified atom stereocenters. The summed E-state index contributed by atoms with van der Waals surface area (Å²) in [6.45, 7) is 6.11. The van der Waals surface area contributed by atoms with Crippen LogP contribution in [0.2, 0.25) is 0 Å². The molecule has 0 spiro atoms. The van der Waals surface area contributed by atoms with Gasteiger partial charge in [-0.05, 0) is 67.1 Å². The maximum atomic E-state index is 13.8. The Balaban J connectivity index is 1.21. The lowest BCUT2D eigenvalue weighted by Crippen LogP contribution is -2.29. The molecule has 2 aromatic heterocycles. The highest BCUT2D eigenvalue weighted by Gasteiger charge is 2.33. The third-order valence-electron chi connectivity index (χ3n) is 7.62. The fraction of sp³-hybridized carbons (Fsp3) is 0.229. The number of carbonyl (C=O) groups excluding carboxylic acids is 2. The first-order valence-corrected chi connectivity index (χ1v) is 16.8. The van der Waals surface area contributed by atoms with Gasteiger partial charge in [0.25, 0.3) is 11.8 Å². The molecule has 9 nitrogen and oxygen atoms in total. The highest BCUT2D eigenvalue weighted by molar-refractivity contribution is 7.99. The zero-order chi connectivity index (χ0) is 32.0. The predicted octanol–water partition coefficient (Wildman–Crippen LogP) is 6.42. The molecule has 3 heterocycles. The van der Waals surface area contributed by atoms with Gasteiger partial charge in [0, 0.05) is 6.42 Å². The van der Waals surface area contributed by atoms with Crippen molar-refractivity contribution in [3.63, 3.8) is 0 Å². The van der Waals surface area contributed by atoms with Gasteiger partial charge in [0.1, 0.15) is 5.75 Å². The molecule has 234 valence electrons. The number of ether oxygens (including phenoxy) is 1. The number of hydrogen-bond donors (Lipinski definition) is 1. The lowest BCUT2D eigenvalue weighted by atomic mass is 10.00. The number of nitrogens with one attached hydrogen (secondary N) is 1. The van der Waals surface area contributed by atoms with Gasteiger partial charge in [-0.2, -0.15) is 5.10 Å². The number of hydrazone groups is 1. The van der Waals surface area contributed by atoms with E-state index in [9.17, 15) is 9.59 Å². The molecular weight excluding hydrogens is 617 g/mol. The van der Waals surface area contributed by atoms with Crippen molar-refractivity contribution in [2.45, 2.75) is 44.9 Å². The fourth-order valence-corrected chi connectivity index (χ4v) is 6.71. The van der Waals surface area contributed by atoms with Gasteiger partial charge in [-0.3, -0.25) is 14.2 Å². The van der Waals surface area contributed by atoms with E-state index in [0.29, 0.717) is 23.2 Å². The van der Waals surface area contributed by atoms with Crippen molar-refractivity contribution in [3.05, 3.63) is 123 Å². The van der Waals surface area contributed by atoms with Crippen LogP contribution >= 0.6 is 23.1 Å². The van der Waals surface area contributed by atoms with Crippen LogP contribution in [0, 0.1) is 20.8 Å². The third-order valence-corrected chi connectivity index (χ3v) is 9.45. The molecule has 0 fully saturated rings. The van der Waals surface area contributed by atoms with Crippen LogP contribution in [-0.4, -0.2) is 49.7 Å². The van der Waals surface area contributed by atoms with Crippen LogP contribution in [0.15, 0.2) is 101 Å². The first-order valence-electron chi connectivity index (χ1n) is 14.9. The van der Waals surface area contributed by atoms with Gasteiger partial charge in [0.05, 0.1) is 34.6 Å². The predicted molar refractivity (Wildman–Crippen MR) is 182 cm³/mol. The van der Waals surface area contributed by atoms with Crippen molar-refractivity contribution in [1.29, 1.82) is 0 Å². The highest BCUT2D eigenvalue weighted by atomic mass is 32.2. The number of thiophene rings is 1. The number of rotatable bonds is 11. The van der Waals surface area contributed by atoms with Gasteiger partial charge in [-0.1, -0.05) is 78.0 Å². The van der Waals surface area contributed by atoms with Crippen LogP contribution < -0.4 is 10.1 Å². The summed E-state index contributed by atoms with van der Waals surface area (Å²) >= 11 is 2.93. The monoisotopic (exact) mass is 650 g/mol. The van der Waals surface area contributed by atoms with Crippen LogP contribution in [0.3, 0.4) is 0 Å². The minimum atomic E-state index is -0.278.